The van der Waals surface area contributed by atoms with Gasteiger partial charge in [-0.05, 0) is 71.7 Å². The molecule has 0 saturated heterocycles. The van der Waals surface area contributed by atoms with E-state index >= 15 is 0 Å². The summed E-state index contributed by atoms with van der Waals surface area (Å²) in [6.07, 6.45) is 6.44. The predicted molar refractivity (Wildman–Crippen MR) is 147 cm³/mol. The summed E-state index contributed by atoms with van der Waals surface area (Å²) < 4.78 is 0. The number of hydrogen-bond donors (Lipinski definition) is 3. The molecule has 3 aromatic rings. The quantitative estimate of drug-likeness (QED) is 0.341. The molecule has 180 valence electrons. The van der Waals surface area contributed by atoms with E-state index in [0.29, 0.717) is 24.2 Å². The molecule has 1 atom stereocenters. The van der Waals surface area contributed by atoms with Crippen molar-refractivity contribution in [2.45, 2.75) is 25.8 Å². The van der Waals surface area contributed by atoms with Crippen molar-refractivity contribution < 1.29 is 19.8 Å². The van der Waals surface area contributed by atoms with Crippen LogP contribution in [0.25, 0.3) is 17.2 Å². The van der Waals surface area contributed by atoms with Crippen LogP contribution in [-0.2, 0) is 11.2 Å². The molecule has 3 rings (SSSR count). The summed E-state index contributed by atoms with van der Waals surface area (Å²) in [7, 11) is 0. The molecule has 2 aromatic carbocycles. The van der Waals surface area contributed by atoms with Crippen LogP contribution in [0.1, 0.15) is 32.8 Å². The molecule has 9 heteroatoms. The Morgan fingerprint density at radius 3 is 2.60 bits per heavy atom. The van der Waals surface area contributed by atoms with Gasteiger partial charge >= 0.3 is 24.8 Å². The summed E-state index contributed by atoms with van der Waals surface area (Å²) in [6.45, 7) is 1.89. The van der Waals surface area contributed by atoms with Crippen molar-refractivity contribution in [3.05, 3.63) is 81.3 Å². The second-order valence-electron chi connectivity index (χ2n) is 7.88. The van der Waals surface area contributed by atoms with E-state index < -0.39 is 17.9 Å². The number of nitrogens with one attached hydrogen (secondary N) is 1. The first-order valence-electron chi connectivity index (χ1n) is 10.8. The predicted octanol–water partition coefficient (Wildman–Crippen LogP) is 4.02. The molecular weight excluding hydrogens is 475 g/mol. The van der Waals surface area contributed by atoms with E-state index in [1.165, 1.54) is 23.1 Å². The third-order valence-electron chi connectivity index (χ3n) is 5.41. The van der Waals surface area contributed by atoms with Crippen LogP contribution in [0.5, 0.6) is 0 Å². The fourth-order valence-corrected chi connectivity index (χ4v) is 4.71. The number of aromatic nitrogens is 1. The Bertz CT molecular complexity index is 1170. The Morgan fingerprint density at radius 2 is 1.97 bits per heavy atom. The van der Waals surface area contributed by atoms with Crippen molar-refractivity contribution in [2.24, 2.45) is 0 Å². The third-order valence-corrected chi connectivity index (χ3v) is 6.78. The van der Waals surface area contributed by atoms with Crippen LogP contribution < -0.4 is 5.32 Å². The zero-order chi connectivity index (χ0) is 24.5. The van der Waals surface area contributed by atoms with Gasteiger partial charge in [-0.1, -0.05) is 36.4 Å². The van der Waals surface area contributed by atoms with Gasteiger partial charge in [-0.15, -0.1) is 11.3 Å². The van der Waals surface area contributed by atoms with Gasteiger partial charge in [0.25, 0.3) is 5.91 Å². The Labute approximate surface area is 226 Å². The van der Waals surface area contributed by atoms with Crippen molar-refractivity contribution in [2.75, 3.05) is 18.6 Å². The van der Waals surface area contributed by atoms with E-state index in [9.17, 15) is 19.8 Å². The Morgan fingerprint density at radius 1 is 1.20 bits per heavy atom. The topological polar surface area (TPSA) is 99.5 Å². The molecule has 6 nitrogen and oxygen atoms in total. The summed E-state index contributed by atoms with van der Waals surface area (Å²) in [5.41, 5.74) is 6.59. The number of nitrogens with zero attached hydrogens (tertiary/aromatic N) is 1. The van der Waals surface area contributed by atoms with Crippen molar-refractivity contribution in [1.29, 1.82) is 0 Å². The van der Waals surface area contributed by atoms with E-state index in [2.05, 4.69) is 10.3 Å². The van der Waals surface area contributed by atoms with E-state index in [1.54, 1.807) is 17.8 Å². The van der Waals surface area contributed by atoms with E-state index in [4.69, 9.17) is 0 Å². The molecule has 0 radical (unpaired) electrons. The molecule has 0 aliphatic heterocycles. The molecule has 0 aliphatic carbocycles. The number of thiazole rings is 1. The summed E-state index contributed by atoms with van der Waals surface area (Å²) in [4.78, 5) is 29.9. The first-order valence-corrected chi connectivity index (χ1v) is 13.1. The van der Waals surface area contributed by atoms with Crippen molar-refractivity contribution in [3.8, 4) is 11.1 Å². The molecule has 0 aliphatic rings. The second kappa shape index (κ2) is 14.3. The number of rotatable bonds is 11. The number of aliphatic carboxylic acids is 1. The van der Waals surface area contributed by atoms with Gasteiger partial charge < -0.3 is 15.5 Å². The average molecular weight is 505 g/mol. The fourth-order valence-electron chi connectivity index (χ4n) is 3.64. The number of benzene rings is 2. The first-order chi connectivity index (χ1) is 16.4. The zero-order valence-corrected chi connectivity index (χ0v) is 20.8. The van der Waals surface area contributed by atoms with Crippen LogP contribution in [0.3, 0.4) is 0 Å². The molecule has 1 heterocycles. The number of aryl methyl sites for hydroxylation is 1. The molecule has 1 aromatic heterocycles. The molecule has 1 amide bonds. The van der Waals surface area contributed by atoms with Gasteiger partial charge in [-0.25, -0.2) is 4.79 Å². The SMILES string of the molecule is CSCC[C@H](NC(=O)c1ccc(C/C(=C/c2cncs2)CO)cc1-c1ccccc1C)C(=O)O.[LiH]. The molecule has 0 unspecified atom stereocenters. The summed E-state index contributed by atoms with van der Waals surface area (Å²) in [5.74, 6) is -0.824. The van der Waals surface area contributed by atoms with Crippen molar-refractivity contribution >= 4 is 59.9 Å². The first kappa shape index (κ1) is 28.9. The Balaban J connectivity index is 0.00000432. The van der Waals surface area contributed by atoms with Crippen molar-refractivity contribution in [3.63, 3.8) is 0 Å². The Hall–Kier alpha value is -2.34. The maximum atomic E-state index is 13.2. The standard InChI is InChI=1S/C26H28N2O4S2.Li.H/c1-17-5-3-4-6-21(17)23-13-18(11-19(15-29)12-20-14-27-16-34-20)7-8-22(23)25(30)28-24(26(31)32)9-10-33-2;;/h3-8,12-14,16,24,29H,9-11,15H2,1-2H3,(H,28,30)(H,31,32);;/b19-12-;;/t24-;;/m0../s1. The maximum absolute atomic E-state index is 13.2. The van der Waals surface area contributed by atoms with Crippen molar-refractivity contribution in [1.82, 2.24) is 10.3 Å². The van der Waals surface area contributed by atoms with Gasteiger partial charge in [-0.3, -0.25) is 9.78 Å². The number of carbonyl (C=O) groups is 2. The van der Waals surface area contributed by atoms with Crippen LogP contribution in [-0.4, -0.2) is 70.6 Å². The Kier molecular flexibility index (Phi) is 11.8. The number of carboxylic acid groups (broad SMARTS) is 1. The van der Waals surface area contributed by atoms with Crippen LogP contribution in [0, 0.1) is 6.92 Å². The minimum absolute atomic E-state index is 0. The van der Waals surface area contributed by atoms with Crippen LogP contribution in [0.4, 0.5) is 0 Å². The van der Waals surface area contributed by atoms with Gasteiger partial charge in [-0.2, -0.15) is 11.8 Å². The molecule has 0 bridgehead atoms. The number of hydrogen-bond acceptors (Lipinski definition) is 6. The zero-order valence-electron chi connectivity index (χ0n) is 19.2. The van der Waals surface area contributed by atoms with Gasteiger partial charge in [0.1, 0.15) is 6.04 Å². The van der Waals surface area contributed by atoms with Crippen LogP contribution in [0.15, 0.2) is 59.7 Å². The van der Waals surface area contributed by atoms with Gasteiger partial charge in [0.2, 0.25) is 0 Å². The number of aliphatic hydroxyl groups is 1. The van der Waals surface area contributed by atoms with E-state index in [1.807, 2.05) is 55.7 Å². The third kappa shape index (κ3) is 8.09. The minimum atomic E-state index is -1.04. The number of carbonyl (C=O) groups excluding carboxylic acids is 1. The molecule has 0 saturated carbocycles. The molecule has 35 heavy (non-hydrogen) atoms. The molecule has 3 N–H and O–H groups in total. The summed E-state index contributed by atoms with van der Waals surface area (Å²) >= 11 is 3.04. The summed E-state index contributed by atoms with van der Waals surface area (Å²) in [5, 5.41) is 22.1. The van der Waals surface area contributed by atoms with E-state index in [0.717, 1.165) is 32.7 Å². The van der Waals surface area contributed by atoms with Gasteiger partial charge in [0.15, 0.2) is 0 Å². The molecule has 0 spiro atoms. The number of aliphatic hydroxyl groups excluding tert-OH is 1. The van der Waals surface area contributed by atoms with Crippen LogP contribution in [0.2, 0.25) is 0 Å². The average Bonchev–Trinajstić information content (AvgIpc) is 3.34. The fraction of sp³-hybridized carbons (Fsp3) is 0.269. The van der Waals surface area contributed by atoms with E-state index in [-0.39, 0.29) is 25.5 Å². The number of thioether (sulfide) groups is 1. The van der Waals surface area contributed by atoms with Gasteiger partial charge in [0, 0.05) is 16.6 Å². The monoisotopic (exact) mass is 504 g/mol. The van der Waals surface area contributed by atoms with Crippen LogP contribution >= 0.6 is 23.1 Å². The normalized spacial score (nSPS) is 12.0. The number of carboxylic acids is 1. The molecule has 0 fully saturated rings. The number of amides is 1. The second-order valence-corrected chi connectivity index (χ2v) is 9.79. The summed E-state index contributed by atoms with van der Waals surface area (Å²) in [6, 6.07) is 12.4. The molecular formula is C26H29LiN2O4S2. The van der Waals surface area contributed by atoms with Gasteiger partial charge in [0.05, 0.1) is 12.1 Å².